The summed E-state index contributed by atoms with van der Waals surface area (Å²) in [5.74, 6) is 0. The van der Waals surface area contributed by atoms with E-state index in [1.165, 1.54) is 0 Å². The van der Waals surface area contributed by atoms with E-state index in [1.807, 2.05) is 38.4 Å². The topological polar surface area (TPSA) is 45.5 Å². The van der Waals surface area contributed by atoms with Gasteiger partial charge in [-0.1, -0.05) is 0 Å². The summed E-state index contributed by atoms with van der Waals surface area (Å²) < 4.78 is 27.8. The molecule has 5 nitrogen and oxygen atoms in total. The van der Waals surface area contributed by atoms with Gasteiger partial charge < -0.3 is 14.2 Å². The Kier molecular flexibility index (Phi) is 2.86. The van der Waals surface area contributed by atoms with Gasteiger partial charge in [-0.15, -0.1) is 0 Å². The molecular formula is C14H22N2O3. The molecule has 2 aliphatic heterocycles. The third-order valence-electron chi connectivity index (χ3n) is 3.62. The quantitative estimate of drug-likeness (QED) is 0.818. The van der Waals surface area contributed by atoms with Gasteiger partial charge in [0.15, 0.2) is 5.60 Å². The van der Waals surface area contributed by atoms with Gasteiger partial charge in [-0.3, -0.25) is 4.68 Å². The fourth-order valence-corrected chi connectivity index (χ4v) is 2.85. The number of ether oxygens (including phenoxy) is 3. The Hall–Kier alpha value is -0.910. The van der Waals surface area contributed by atoms with E-state index in [2.05, 4.69) is 5.10 Å². The smallest absolute Gasteiger partial charge is 0.161 e. The van der Waals surface area contributed by atoms with E-state index in [0.717, 1.165) is 5.69 Å². The summed E-state index contributed by atoms with van der Waals surface area (Å²) >= 11 is 0. The van der Waals surface area contributed by atoms with Gasteiger partial charge in [0.1, 0.15) is 12.1 Å². The third-order valence-corrected chi connectivity index (χ3v) is 3.62. The van der Waals surface area contributed by atoms with Crippen molar-refractivity contribution in [3.8, 4) is 0 Å². The second-order valence-corrected chi connectivity index (χ2v) is 5.76. The molecule has 0 aliphatic carbocycles. The summed E-state index contributed by atoms with van der Waals surface area (Å²) in [5.41, 5.74) is 0.250. The van der Waals surface area contributed by atoms with Gasteiger partial charge in [0, 0.05) is 6.20 Å². The zero-order valence-electron chi connectivity index (χ0n) is 12.9. The number of fused-ring (bicyclic) bond motifs is 5. The van der Waals surface area contributed by atoms with Crippen LogP contribution in [0.2, 0.25) is 0 Å². The van der Waals surface area contributed by atoms with E-state index in [-0.39, 0.29) is 24.4 Å². The maximum atomic E-state index is 8.16. The molecule has 0 amide bonds. The average Bonchev–Trinajstić information content (AvgIpc) is 2.96. The predicted octanol–water partition coefficient (Wildman–Crippen LogP) is 1.88. The van der Waals surface area contributed by atoms with E-state index in [0.29, 0.717) is 6.61 Å². The second-order valence-electron chi connectivity index (χ2n) is 5.76. The highest BCUT2D eigenvalue weighted by atomic mass is 16.6. The molecule has 19 heavy (non-hydrogen) atoms. The van der Waals surface area contributed by atoms with Gasteiger partial charge in [-0.25, -0.2) is 0 Å². The Morgan fingerprint density at radius 1 is 1.53 bits per heavy atom. The SMILES string of the molecule is [3H][C@@H]1O[C@]2(COC(C)C)c3ccnn3[C@H]1C2OC(C)C. The Morgan fingerprint density at radius 2 is 2.32 bits per heavy atom. The standard InChI is InChI=1S/C14H22N2O3/c1-9(2)17-8-14-12-5-6-15-16(12)11(7-18-14)13(14)19-10(3)4/h5-6,9-11,13H,7-8H2,1-4H3/t11-,13?,14-/m1/s1/i7T/t7-,11+,13?,14+/m0. The molecular weight excluding hydrogens is 244 g/mol. The first-order valence-electron chi connectivity index (χ1n) is 7.44. The van der Waals surface area contributed by atoms with Crippen molar-refractivity contribution in [3.63, 3.8) is 0 Å². The van der Waals surface area contributed by atoms with Crippen molar-refractivity contribution in [2.45, 2.75) is 57.6 Å². The maximum absolute atomic E-state index is 8.16. The average molecular weight is 268 g/mol. The zero-order chi connectivity index (χ0) is 14.5. The number of aromatic nitrogens is 2. The Labute approximate surface area is 115 Å². The van der Waals surface area contributed by atoms with Crippen LogP contribution >= 0.6 is 0 Å². The van der Waals surface area contributed by atoms with Crippen LogP contribution in [0, 0.1) is 0 Å². The minimum absolute atomic E-state index is 0.0689. The van der Waals surface area contributed by atoms with Crippen LogP contribution in [0.5, 0.6) is 0 Å². The van der Waals surface area contributed by atoms with Crippen molar-refractivity contribution >= 4 is 0 Å². The van der Waals surface area contributed by atoms with Crippen molar-refractivity contribution in [1.29, 1.82) is 0 Å². The third kappa shape index (κ3) is 1.91. The van der Waals surface area contributed by atoms with Gasteiger partial charge >= 0.3 is 0 Å². The lowest BCUT2D eigenvalue weighted by Gasteiger charge is -2.31. The normalized spacial score (nSPS) is 37.2. The van der Waals surface area contributed by atoms with Crippen LogP contribution in [0.4, 0.5) is 0 Å². The fraction of sp³-hybridized carbons (Fsp3) is 0.786. The molecule has 1 aromatic rings. The molecule has 2 aliphatic rings. The van der Waals surface area contributed by atoms with Crippen molar-refractivity contribution in [2.75, 3.05) is 13.2 Å². The Bertz CT molecular complexity index is 491. The number of hydrogen-bond acceptors (Lipinski definition) is 4. The van der Waals surface area contributed by atoms with Gasteiger partial charge in [0.25, 0.3) is 0 Å². The summed E-state index contributed by atoms with van der Waals surface area (Å²) in [6.45, 7) is 7.70. The van der Waals surface area contributed by atoms with Crippen molar-refractivity contribution in [3.05, 3.63) is 18.0 Å². The molecule has 2 bridgehead atoms. The number of nitrogens with zero attached hydrogens (tertiary/aromatic N) is 2. The lowest BCUT2D eigenvalue weighted by Crippen LogP contribution is -2.42. The number of hydrogen-bond donors (Lipinski definition) is 0. The Balaban J connectivity index is 1.97. The molecule has 106 valence electrons. The lowest BCUT2D eigenvalue weighted by molar-refractivity contribution is -0.147. The maximum Gasteiger partial charge on any atom is 0.161 e. The molecule has 1 aromatic heterocycles. The van der Waals surface area contributed by atoms with E-state index < -0.39 is 12.2 Å². The van der Waals surface area contributed by atoms with Crippen LogP contribution < -0.4 is 0 Å². The minimum atomic E-state index is -0.706. The minimum Gasteiger partial charge on any atom is -0.375 e. The molecule has 0 N–H and O–H groups in total. The highest BCUT2D eigenvalue weighted by Crippen LogP contribution is 2.50. The molecule has 0 radical (unpaired) electrons. The van der Waals surface area contributed by atoms with Crippen LogP contribution in [-0.4, -0.2) is 41.3 Å². The van der Waals surface area contributed by atoms with E-state index >= 15 is 0 Å². The van der Waals surface area contributed by atoms with Crippen molar-refractivity contribution in [1.82, 2.24) is 9.78 Å². The van der Waals surface area contributed by atoms with Crippen LogP contribution in [0.15, 0.2) is 12.3 Å². The summed E-state index contributed by atoms with van der Waals surface area (Å²) in [6, 6.07) is 1.74. The van der Waals surface area contributed by atoms with Gasteiger partial charge in [0.2, 0.25) is 0 Å². The van der Waals surface area contributed by atoms with Crippen LogP contribution in [0.25, 0.3) is 0 Å². The van der Waals surface area contributed by atoms with Gasteiger partial charge in [0.05, 0.1) is 32.5 Å². The summed E-state index contributed by atoms with van der Waals surface area (Å²) in [6.07, 6.45) is 1.71. The largest absolute Gasteiger partial charge is 0.375 e. The lowest BCUT2D eigenvalue weighted by atomic mass is 9.95. The number of rotatable bonds is 5. The van der Waals surface area contributed by atoms with Crippen molar-refractivity contribution in [2.24, 2.45) is 0 Å². The first-order chi connectivity index (χ1) is 9.45. The summed E-state index contributed by atoms with van der Waals surface area (Å²) in [4.78, 5) is 0. The highest BCUT2D eigenvalue weighted by molar-refractivity contribution is 5.26. The van der Waals surface area contributed by atoms with Crippen molar-refractivity contribution < 1.29 is 15.6 Å². The second kappa shape index (κ2) is 4.58. The van der Waals surface area contributed by atoms with Crippen LogP contribution in [0.3, 0.4) is 0 Å². The fourth-order valence-electron chi connectivity index (χ4n) is 2.85. The molecule has 5 heteroatoms. The van der Waals surface area contributed by atoms with Crippen LogP contribution in [0.1, 0.15) is 40.8 Å². The molecule has 0 aromatic carbocycles. The molecule has 1 saturated heterocycles. The molecule has 3 rings (SSSR count). The first kappa shape index (κ1) is 11.9. The zero-order valence-corrected chi connectivity index (χ0v) is 11.9. The van der Waals surface area contributed by atoms with Gasteiger partial charge in [-0.2, -0.15) is 5.10 Å². The molecule has 1 fully saturated rings. The first-order valence-corrected chi connectivity index (χ1v) is 6.87. The molecule has 3 heterocycles. The Morgan fingerprint density at radius 3 is 3.00 bits per heavy atom. The molecule has 1 unspecified atom stereocenters. The van der Waals surface area contributed by atoms with E-state index in [9.17, 15) is 0 Å². The molecule has 4 atom stereocenters. The summed E-state index contributed by atoms with van der Waals surface area (Å²) in [7, 11) is 0. The molecule has 0 spiro atoms. The summed E-state index contributed by atoms with van der Waals surface area (Å²) in [5, 5.41) is 4.34. The molecule has 0 saturated carbocycles. The van der Waals surface area contributed by atoms with Gasteiger partial charge in [-0.05, 0) is 33.8 Å². The van der Waals surface area contributed by atoms with Crippen LogP contribution in [-0.2, 0) is 19.8 Å². The monoisotopic (exact) mass is 268 g/mol. The van der Waals surface area contributed by atoms with E-state index in [4.69, 9.17) is 15.6 Å². The van der Waals surface area contributed by atoms with E-state index in [1.54, 1.807) is 6.20 Å². The predicted molar refractivity (Wildman–Crippen MR) is 70.0 cm³/mol. The highest BCUT2D eigenvalue weighted by Gasteiger charge is 2.61.